The fraction of sp³-hybridized carbons (Fsp3) is 0.211. The molecular weight excluding hydrogens is 490 g/mol. The Morgan fingerprint density at radius 2 is 1.15 bits per heavy atom. The van der Waals surface area contributed by atoms with Gasteiger partial charge in [0, 0.05) is 22.6 Å². The van der Waals surface area contributed by atoms with Gasteiger partial charge in [0.15, 0.2) is 34.5 Å². The first-order valence-electron chi connectivity index (χ1n) is 9.24. The molecular formula is C19H19N5O6S3. The van der Waals surface area contributed by atoms with Crippen molar-refractivity contribution < 1.29 is 29.5 Å². The van der Waals surface area contributed by atoms with E-state index in [0.29, 0.717) is 38.0 Å². The highest BCUT2D eigenvalue weighted by atomic mass is 32.1. The summed E-state index contributed by atoms with van der Waals surface area (Å²) in [6.07, 6.45) is 0.200. The Bertz CT molecular complexity index is 1110. The van der Waals surface area contributed by atoms with Crippen LogP contribution < -0.4 is 24.8 Å². The van der Waals surface area contributed by atoms with Crippen LogP contribution >= 0.6 is 34.0 Å². The summed E-state index contributed by atoms with van der Waals surface area (Å²) >= 11 is 3.74. The molecule has 0 saturated carbocycles. The number of rotatable bonds is 9. The van der Waals surface area contributed by atoms with Crippen LogP contribution in [0.2, 0.25) is 0 Å². The van der Waals surface area contributed by atoms with Crippen LogP contribution in [0.3, 0.4) is 0 Å². The lowest BCUT2D eigenvalue weighted by atomic mass is 10.3. The SMILES string of the molecule is COc1csc(Cc2nc(Nc3scc(OC)c3O)nc(Nc3scc(OC)c3O)n2)c1O. The second kappa shape index (κ2) is 9.56. The molecule has 4 heterocycles. The van der Waals surface area contributed by atoms with Gasteiger partial charge >= 0.3 is 0 Å². The predicted molar refractivity (Wildman–Crippen MR) is 127 cm³/mol. The number of hydrogen-bond acceptors (Lipinski definition) is 14. The zero-order valence-corrected chi connectivity index (χ0v) is 20.0. The van der Waals surface area contributed by atoms with Gasteiger partial charge in [0.2, 0.25) is 11.9 Å². The van der Waals surface area contributed by atoms with Crippen LogP contribution in [0.25, 0.3) is 0 Å². The van der Waals surface area contributed by atoms with Gasteiger partial charge in [-0.3, -0.25) is 0 Å². The number of aromatic nitrogens is 3. The van der Waals surface area contributed by atoms with Crippen LogP contribution in [0, 0.1) is 0 Å². The van der Waals surface area contributed by atoms with Crippen molar-refractivity contribution in [1.29, 1.82) is 0 Å². The fourth-order valence-corrected chi connectivity index (χ4v) is 5.21. The van der Waals surface area contributed by atoms with Gasteiger partial charge in [0.25, 0.3) is 0 Å². The van der Waals surface area contributed by atoms with Gasteiger partial charge in [-0.2, -0.15) is 15.0 Å². The Kier molecular flexibility index (Phi) is 6.57. The van der Waals surface area contributed by atoms with Crippen LogP contribution in [0.5, 0.6) is 34.5 Å². The van der Waals surface area contributed by atoms with E-state index in [9.17, 15) is 15.3 Å². The highest BCUT2D eigenvalue weighted by molar-refractivity contribution is 7.15. The number of nitrogens with one attached hydrogen (secondary N) is 2. The highest BCUT2D eigenvalue weighted by Gasteiger charge is 2.18. The quantitative estimate of drug-likeness (QED) is 0.220. The number of nitrogens with zero attached hydrogens (tertiary/aromatic N) is 3. The van der Waals surface area contributed by atoms with E-state index >= 15 is 0 Å². The fourth-order valence-electron chi connectivity index (χ4n) is 2.74. The first-order chi connectivity index (χ1) is 15.9. The van der Waals surface area contributed by atoms with Crippen LogP contribution in [0.1, 0.15) is 10.7 Å². The highest BCUT2D eigenvalue weighted by Crippen LogP contribution is 2.43. The molecule has 0 aliphatic rings. The normalized spacial score (nSPS) is 10.8. The first-order valence-corrected chi connectivity index (χ1v) is 11.9. The molecule has 4 rings (SSSR count). The Hall–Kier alpha value is -3.49. The molecule has 0 radical (unpaired) electrons. The Morgan fingerprint density at radius 1 is 0.697 bits per heavy atom. The van der Waals surface area contributed by atoms with E-state index in [1.54, 1.807) is 16.1 Å². The summed E-state index contributed by atoms with van der Waals surface area (Å²) in [6.45, 7) is 0. The van der Waals surface area contributed by atoms with Crippen LogP contribution in [-0.4, -0.2) is 51.6 Å². The summed E-state index contributed by atoms with van der Waals surface area (Å²) in [4.78, 5) is 13.8. The average molecular weight is 510 g/mol. The van der Waals surface area contributed by atoms with Gasteiger partial charge in [0.05, 0.1) is 26.2 Å². The van der Waals surface area contributed by atoms with Crippen molar-refractivity contribution in [3.05, 3.63) is 26.8 Å². The molecule has 5 N–H and O–H groups in total. The van der Waals surface area contributed by atoms with Gasteiger partial charge in [-0.05, 0) is 0 Å². The van der Waals surface area contributed by atoms with Crippen LogP contribution in [0.4, 0.5) is 21.9 Å². The standard InChI is InChI=1S/C19H19N5O6S3/c1-28-8-5-31-11(13(8)25)4-12-20-18(22-16-14(26)9(29-2)6-32-16)24-19(21-12)23-17-15(27)10(30-3)7-33-17/h5-7,25-27H,4H2,1-3H3,(H2,20,21,22,23,24). The second-order valence-electron chi connectivity index (χ2n) is 6.37. The number of ether oxygens (including phenoxy) is 3. The van der Waals surface area contributed by atoms with Crippen molar-refractivity contribution in [2.24, 2.45) is 0 Å². The zero-order chi connectivity index (χ0) is 23.5. The summed E-state index contributed by atoms with van der Waals surface area (Å²) in [5, 5.41) is 42.5. The maximum absolute atomic E-state index is 10.3. The molecule has 0 spiro atoms. The van der Waals surface area contributed by atoms with Gasteiger partial charge in [0.1, 0.15) is 15.8 Å². The van der Waals surface area contributed by atoms with E-state index in [1.165, 1.54) is 55.3 Å². The monoisotopic (exact) mass is 509 g/mol. The summed E-state index contributed by atoms with van der Waals surface area (Å²) in [6, 6.07) is 0. The molecule has 0 amide bonds. The van der Waals surface area contributed by atoms with Crippen molar-refractivity contribution >= 4 is 55.9 Å². The van der Waals surface area contributed by atoms with Gasteiger partial charge < -0.3 is 40.2 Å². The topological polar surface area (TPSA) is 151 Å². The molecule has 4 aromatic rings. The lowest BCUT2D eigenvalue weighted by Crippen LogP contribution is -2.07. The number of hydrogen-bond donors (Lipinski definition) is 5. The lowest BCUT2D eigenvalue weighted by Gasteiger charge is -2.09. The van der Waals surface area contributed by atoms with Gasteiger partial charge in [-0.25, -0.2) is 0 Å². The van der Waals surface area contributed by atoms with E-state index in [2.05, 4.69) is 25.6 Å². The summed E-state index contributed by atoms with van der Waals surface area (Å²) < 4.78 is 15.3. The Morgan fingerprint density at radius 3 is 1.58 bits per heavy atom. The molecule has 0 atom stereocenters. The van der Waals surface area contributed by atoms with Crippen molar-refractivity contribution in [3.63, 3.8) is 0 Å². The molecule has 0 aliphatic carbocycles. The van der Waals surface area contributed by atoms with E-state index in [0.717, 1.165) is 0 Å². The third-order valence-electron chi connectivity index (χ3n) is 4.38. The largest absolute Gasteiger partial charge is 0.503 e. The van der Waals surface area contributed by atoms with Crippen molar-refractivity contribution in [1.82, 2.24) is 15.0 Å². The minimum atomic E-state index is -0.0692. The molecule has 0 bridgehead atoms. The van der Waals surface area contributed by atoms with Crippen LogP contribution in [-0.2, 0) is 6.42 Å². The molecule has 0 fully saturated rings. The molecule has 0 aliphatic heterocycles. The number of methoxy groups -OCH3 is 3. The molecule has 14 heteroatoms. The third-order valence-corrected chi connectivity index (χ3v) is 7.06. The smallest absolute Gasteiger partial charge is 0.233 e. The number of aromatic hydroxyl groups is 3. The maximum atomic E-state index is 10.3. The van der Waals surface area contributed by atoms with Crippen molar-refractivity contribution in [3.8, 4) is 34.5 Å². The van der Waals surface area contributed by atoms with E-state index in [-0.39, 0.29) is 35.6 Å². The summed E-state index contributed by atoms with van der Waals surface area (Å²) in [5.74, 6) is 1.52. The summed E-state index contributed by atoms with van der Waals surface area (Å²) in [7, 11) is 4.39. The predicted octanol–water partition coefficient (Wildman–Crippen LogP) is 4.28. The first kappa shape index (κ1) is 22.7. The lowest BCUT2D eigenvalue weighted by molar-refractivity contribution is 0.375. The molecule has 11 nitrogen and oxygen atoms in total. The molecule has 0 saturated heterocycles. The molecule has 174 valence electrons. The maximum Gasteiger partial charge on any atom is 0.233 e. The Balaban J connectivity index is 1.68. The molecule has 0 aromatic carbocycles. The number of anilines is 4. The second-order valence-corrected chi connectivity index (χ2v) is 9.09. The minimum absolute atomic E-state index is 0.0215. The van der Waals surface area contributed by atoms with Crippen LogP contribution in [0.15, 0.2) is 16.1 Å². The van der Waals surface area contributed by atoms with Gasteiger partial charge in [-0.1, -0.05) is 0 Å². The third kappa shape index (κ3) is 4.67. The molecule has 33 heavy (non-hydrogen) atoms. The molecule has 0 unspecified atom stereocenters. The summed E-state index contributed by atoms with van der Waals surface area (Å²) in [5.41, 5.74) is 0. The number of thiophene rings is 3. The van der Waals surface area contributed by atoms with Crippen molar-refractivity contribution in [2.45, 2.75) is 6.42 Å². The Labute approximate surface area is 199 Å². The van der Waals surface area contributed by atoms with E-state index in [1.807, 2.05) is 0 Å². The minimum Gasteiger partial charge on any atom is -0.503 e. The zero-order valence-electron chi connectivity index (χ0n) is 17.6. The van der Waals surface area contributed by atoms with Crippen molar-refractivity contribution in [2.75, 3.05) is 32.0 Å². The molecule has 4 aromatic heterocycles. The average Bonchev–Trinajstić information content (AvgIpc) is 3.46. The van der Waals surface area contributed by atoms with E-state index < -0.39 is 0 Å². The van der Waals surface area contributed by atoms with E-state index in [4.69, 9.17) is 14.2 Å². The van der Waals surface area contributed by atoms with Gasteiger partial charge in [-0.15, -0.1) is 34.0 Å².